The molecule has 1 heterocycles. The molecule has 10 nitrogen and oxygen atoms in total. The second kappa shape index (κ2) is 15.1. The fraction of sp³-hybridized carbons (Fsp3) is 0.818. The van der Waals surface area contributed by atoms with Crippen LogP contribution in [0.1, 0.15) is 58.8 Å². The third-order valence-corrected chi connectivity index (χ3v) is 6.79. The second-order valence-electron chi connectivity index (χ2n) is 8.63. The zero-order chi connectivity index (χ0) is 25.0. The molecule has 7 N–H and O–H groups in total. The van der Waals surface area contributed by atoms with Gasteiger partial charge in [0.1, 0.15) is 18.1 Å². The minimum Gasteiger partial charge on any atom is -0.480 e. The summed E-state index contributed by atoms with van der Waals surface area (Å²) in [7, 11) is 0. The number of carboxylic acid groups (broad SMARTS) is 1. The van der Waals surface area contributed by atoms with Crippen LogP contribution < -0.4 is 22.1 Å². The van der Waals surface area contributed by atoms with E-state index in [1.165, 1.54) is 16.7 Å². The Balaban J connectivity index is 2.90. The van der Waals surface area contributed by atoms with E-state index in [0.29, 0.717) is 50.9 Å². The summed E-state index contributed by atoms with van der Waals surface area (Å²) in [6.07, 6.45) is 5.88. The Bertz CT molecular complexity index is 665. The molecule has 0 aliphatic carbocycles. The number of unbranched alkanes of at least 4 members (excludes halogenated alkanes) is 1. The Kier molecular flexibility index (Phi) is 13.4. The largest absolute Gasteiger partial charge is 0.480 e. The van der Waals surface area contributed by atoms with E-state index in [2.05, 4.69) is 10.6 Å². The Labute approximate surface area is 200 Å². The third kappa shape index (κ3) is 9.13. The van der Waals surface area contributed by atoms with E-state index in [0.717, 1.165) is 12.8 Å². The van der Waals surface area contributed by atoms with Gasteiger partial charge in [0.2, 0.25) is 17.7 Å². The molecule has 3 amide bonds. The molecular weight excluding hydrogens is 446 g/mol. The van der Waals surface area contributed by atoms with Crippen LogP contribution >= 0.6 is 11.8 Å². The first kappa shape index (κ1) is 29.2. The first-order chi connectivity index (χ1) is 15.7. The van der Waals surface area contributed by atoms with Crippen molar-refractivity contribution in [1.82, 2.24) is 15.5 Å². The van der Waals surface area contributed by atoms with Gasteiger partial charge in [-0.2, -0.15) is 11.8 Å². The molecule has 5 atom stereocenters. The van der Waals surface area contributed by atoms with Crippen LogP contribution in [-0.2, 0) is 19.2 Å². The Morgan fingerprint density at radius 2 is 1.88 bits per heavy atom. The standard InChI is InChI=1S/C22H41N5O5S/c1-4-14(2)18(26-19(28)15(24)8-5-6-11-23)21(30)27-12-7-9-17(27)20(29)25-16(22(31)32)10-13-33-3/h14-18H,4-13,23-24H2,1-3H3,(H,25,29)(H,26,28)(H,31,32). The number of carbonyl (C=O) groups excluding carboxylic acids is 3. The predicted molar refractivity (Wildman–Crippen MR) is 130 cm³/mol. The highest BCUT2D eigenvalue weighted by Crippen LogP contribution is 2.22. The lowest BCUT2D eigenvalue weighted by Gasteiger charge is -2.32. The first-order valence-corrected chi connectivity index (χ1v) is 13.2. The summed E-state index contributed by atoms with van der Waals surface area (Å²) in [5.74, 6) is -1.86. The van der Waals surface area contributed by atoms with Gasteiger partial charge in [0.15, 0.2) is 0 Å². The number of carbonyl (C=O) groups is 4. The normalized spacial score (nSPS) is 19.4. The maximum Gasteiger partial charge on any atom is 0.326 e. The lowest BCUT2D eigenvalue weighted by Crippen LogP contribution is -2.58. The summed E-state index contributed by atoms with van der Waals surface area (Å²) < 4.78 is 0. The molecule has 11 heteroatoms. The summed E-state index contributed by atoms with van der Waals surface area (Å²) >= 11 is 1.50. The highest BCUT2D eigenvalue weighted by molar-refractivity contribution is 7.98. The molecule has 0 bridgehead atoms. The zero-order valence-corrected chi connectivity index (χ0v) is 20.9. The van der Waals surface area contributed by atoms with Crippen LogP contribution in [0, 0.1) is 5.92 Å². The van der Waals surface area contributed by atoms with Gasteiger partial charge in [-0.25, -0.2) is 4.79 Å². The summed E-state index contributed by atoms with van der Waals surface area (Å²) in [5, 5.41) is 14.8. The highest BCUT2D eigenvalue weighted by atomic mass is 32.2. The maximum atomic E-state index is 13.4. The molecule has 0 radical (unpaired) electrons. The smallest absolute Gasteiger partial charge is 0.326 e. The maximum absolute atomic E-state index is 13.4. The number of carboxylic acids is 1. The molecule has 190 valence electrons. The molecule has 5 unspecified atom stereocenters. The zero-order valence-electron chi connectivity index (χ0n) is 20.0. The molecular formula is C22H41N5O5S. The Hall–Kier alpha value is -1.85. The van der Waals surface area contributed by atoms with Crippen LogP contribution in [-0.4, -0.2) is 83.0 Å². The van der Waals surface area contributed by atoms with Crippen molar-refractivity contribution in [1.29, 1.82) is 0 Å². The molecule has 0 spiro atoms. The van der Waals surface area contributed by atoms with Crippen molar-refractivity contribution in [3.05, 3.63) is 0 Å². The van der Waals surface area contributed by atoms with E-state index in [4.69, 9.17) is 11.5 Å². The number of aliphatic carboxylic acids is 1. The molecule has 1 rings (SSSR count). The van der Waals surface area contributed by atoms with Gasteiger partial charge in [-0.1, -0.05) is 26.7 Å². The number of amides is 3. The SMILES string of the molecule is CCC(C)C(NC(=O)C(N)CCCCN)C(=O)N1CCCC1C(=O)NC(CCSC)C(=O)O. The summed E-state index contributed by atoms with van der Waals surface area (Å²) in [5.41, 5.74) is 11.5. The molecule has 33 heavy (non-hydrogen) atoms. The van der Waals surface area contributed by atoms with E-state index >= 15 is 0 Å². The van der Waals surface area contributed by atoms with Crippen molar-refractivity contribution in [2.24, 2.45) is 17.4 Å². The molecule has 1 aliphatic heterocycles. The fourth-order valence-corrected chi connectivity index (χ4v) is 4.30. The molecule has 0 aromatic heterocycles. The van der Waals surface area contributed by atoms with Crippen molar-refractivity contribution in [3.63, 3.8) is 0 Å². The highest BCUT2D eigenvalue weighted by Gasteiger charge is 2.40. The molecule has 1 fully saturated rings. The molecule has 1 aliphatic rings. The number of nitrogens with two attached hydrogens (primary N) is 2. The fourth-order valence-electron chi connectivity index (χ4n) is 3.83. The molecule has 0 saturated carbocycles. The molecule has 0 aromatic carbocycles. The van der Waals surface area contributed by atoms with Crippen LogP contribution in [0.2, 0.25) is 0 Å². The predicted octanol–water partition coefficient (Wildman–Crippen LogP) is 0.287. The van der Waals surface area contributed by atoms with E-state index in [1.54, 1.807) is 0 Å². The van der Waals surface area contributed by atoms with E-state index in [-0.39, 0.29) is 11.8 Å². The summed E-state index contributed by atoms with van der Waals surface area (Å²) in [4.78, 5) is 51.9. The van der Waals surface area contributed by atoms with E-state index < -0.39 is 42.0 Å². The second-order valence-corrected chi connectivity index (χ2v) is 9.62. The van der Waals surface area contributed by atoms with Crippen molar-refractivity contribution in [2.45, 2.75) is 83.0 Å². The summed E-state index contributed by atoms with van der Waals surface area (Å²) in [6.45, 7) is 4.71. The van der Waals surface area contributed by atoms with Gasteiger partial charge < -0.3 is 32.1 Å². The topological polar surface area (TPSA) is 168 Å². The van der Waals surface area contributed by atoms with Crippen LogP contribution in [0.25, 0.3) is 0 Å². The van der Waals surface area contributed by atoms with Crippen molar-refractivity contribution >= 4 is 35.5 Å². The van der Waals surface area contributed by atoms with Crippen LogP contribution in [0.4, 0.5) is 0 Å². The van der Waals surface area contributed by atoms with Gasteiger partial charge in [0.25, 0.3) is 0 Å². The van der Waals surface area contributed by atoms with E-state index in [1.807, 2.05) is 20.1 Å². The van der Waals surface area contributed by atoms with E-state index in [9.17, 15) is 24.3 Å². The van der Waals surface area contributed by atoms with Gasteiger partial charge >= 0.3 is 5.97 Å². The van der Waals surface area contributed by atoms with Crippen LogP contribution in [0.3, 0.4) is 0 Å². The monoisotopic (exact) mass is 487 g/mol. The minimum absolute atomic E-state index is 0.157. The van der Waals surface area contributed by atoms with Gasteiger partial charge in [-0.3, -0.25) is 14.4 Å². The van der Waals surface area contributed by atoms with Crippen molar-refractivity contribution in [3.8, 4) is 0 Å². The number of thioether (sulfide) groups is 1. The van der Waals surface area contributed by atoms with Crippen molar-refractivity contribution in [2.75, 3.05) is 25.1 Å². The minimum atomic E-state index is -1.10. The van der Waals surface area contributed by atoms with Crippen molar-refractivity contribution < 1.29 is 24.3 Å². The average Bonchev–Trinajstić information content (AvgIpc) is 3.28. The van der Waals surface area contributed by atoms with Gasteiger partial charge in [-0.15, -0.1) is 0 Å². The van der Waals surface area contributed by atoms with Gasteiger partial charge in [0.05, 0.1) is 6.04 Å². The van der Waals surface area contributed by atoms with Crippen LogP contribution in [0.15, 0.2) is 0 Å². The van der Waals surface area contributed by atoms with Crippen LogP contribution in [0.5, 0.6) is 0 Å². The number of rotatable bonds is 15. The number of nitrogens with zero attached hydrogens (tertiary/aromatic N) is 1. The third-order valence-electron chi connectivity index (χ3n) is 6.15. The lowest BCUT2D eigenvalue weighted by atomic mass is 9.96. The summed E-state index contributed by atoms with van der Waals surface area (Å²) in [6, 6.07) is -3.29. The quantitative estimate of drug-likeness (QED) is 0.205. The number of nitrogens with one attached hydrogen (secondary N) is 2. The average molecular weight is 488 g/mol. The Morgan fingerprint density at radius 3 is 2.45 bits per heavy atom. The lowest BCUT2D eigenvalue weighted by molar-refractivity contribution is -0.145. The molecule has 1 saturated heterocycles. The number of likely N-dealkylation sites (tertiary alicyclic amines) is 1. The first-order valence-electron chi connectivity index (χ1n) is 11.8. The Morgan fingerprint density at radius 1 is 1.18 bits per heavy atom. The molecule has 0 aromatic rings. The number of hydrogen-bond donors (Lipinski definition) is 5. The van der Waals surface area contributed by atoms with Gasteiger partial charge in [-0.05, 0) is 56.6 Å². The van der Waals surface area contributed by atoms with Gasteiger partial charge in [0, 0.05) is 6.54 Å². The number of hydrogen-bond acceptors (Lipinski definition) is 7.